The van der Waals surface area contributed by atoms with E-state index < -0.39 is 12.3 Å². The third-order valence-corrected chi connectivity index (χ3v) is 10.1. The fourth-order valence-corrected chi connectivity index (χ4v) is 6.56. The quantitative estimate of drug-likeness (QED) is 0.0427. The minimum Gasteiger partial charge on any atom is -0.465 e. The van der Waals surface area contributed by atoms with Crippen LogP contribution in [0.15, 0.2) is 23.7 Å². The Balaban J connectivity index is 1.27. The highest BCUT2D eigenvalue weighted by Gasteiger charge is 2.19. The molecule has 298 valence electrons. The van der Waals surface area contributed by atoms with Crippen LogP contribution in [0.3, 0.4) is 0 Å². The van der Waals surface area contributed by atoms with Crippen LogP contribution in [0.25, 0.3) is 0 Å². The predicted octanol–water partition coefficient (Wildman–Crippen LogP) is 6.10. The molecule has 0 saturated carbocycles. The lowest BCUT2D eigenvalue weighted by atomic mass is 10.2. The Labute approximate surface area is 316 Å². The summed E-state index contributed by atoms with van der Waals surface area (Å²) < 4.78 is 52.0. The minimum absolute atomic E-state index is 0.164. The number of rotatable bonds is 33. The van der Waals surface area contributed by atoms with Gasteiger partial charge in [-0.05, 0) is 63.5 Å². The molecule has 0 aromatic carbocycles. The summed E-state index contributed by atoms with van der Waals surface area (Å²) >= 11 is 3.44. The second-order valence-corrected chi connectivity index (χ2v) is 14.4. The second-order valence-electron chi connectivity index (χ2n) is 12.1. The highest BCUT2D eigenvalue weighted by molar-refractivity contribution is 8.02. The molecule has 2 atom stereocenters. The van der Waals surface area contributed by atoms with Crippen molar-refractivity contribution in [2.75, 3.05) is 102 Å². The Kier molecular flexibility index (Phi) is 27.1. The molecule has 0 bridgehead atoms. The van der Waals surface area contributed by atoms with Gasteiger partial charge in [-0.3, -0.25) is 9.59 Å². The van der Waals surface area contributed by atoms with E-state index in [0.29, 0.717) is 89.1 Å². The van der Waals surface area contributed by atoms with Gasteiger partial charge in [0.05, 0.1) is 38.3 Å². The van der Waals surface area contributed by atoms with Crippen LogP contribution >= 0.6 is 23.5 Å². The van der Waals surface area contributed by atoms with E-state index in [1.54, 1.807) is 35.7 Å². The van der Waals surface area contributed by atoms with E-state index in [-0.39, 0.29) is 37.0 Å². The Hall–Kier alpha value is -2.50. The molecule has 14 nitrogen and oxygen atoms in total. The molecule has 0 aliphatic carbocycles. The molecule has 2 aliphatic heterocycles. The lowest BCUT2D eigenvalue weighted by Gasteiger charge is -2.12. The van der Waals surface area contributed by atoms with Crippen LogP contribution in [0.2, 0.25) is 0 Å². The van der Waals surface area contributed by atoms with Crippen molar-refractivity contribution in [3.8, 4) is 0 Å². The standard InChI is InChI=1S/C36H58O14S2/c1-29(33(37)45-19-9-7-15-41-13-3-5-17-43-21-11-31-25-47-35(39)49-31)27-51-23-24-52-28-30(2)34(38)46-20-10-8-16-42-14-4-6-18-44-22-12-32-26-48-36(40)50-32/h11-12,29-30H,3-10,13-28H2,1-2H3. The fourth-order valence-electron chi connectivity index (χ4n) is 4.30. The number of unbranched alkanes of at least 4 members (excludes halogenated alkanes) is 4. The van der Waals surface area contributed by atoms with Crippen LogP contribution in [-0.4, -0.2) is 127 Å². The van der Waals surface area contributed by atoms with Crippen molar-refractivity contribution >= 4 is 47.8 Å². The monoisotopic (exact) mass is 778 g/mol. The number of thioether (sulfide) groups is 2. The van der Waals surface area contributed by atoms with Gasteiger partial charge < -0.3 is 47.4 Å². The molecule has 2 saturated heterocycles. The first-order valence-corrected chi connectivity index (χ1v) is 20.5. The molecule has 2 aliphatic rings. The van der Waals surface area contributed by atoms with Gasteiger partial charge >= 0.3 is 24.2 Å². The molecule has 0 aromatic heterocycles. The van der Waals surface area contributed by atoms with E-state index in [9.17, 15) is 19.2 Å². The number of esters is 2. The summed E-state index contributed by atoms with van der Waals surface area (Å²) in [6.45, 7) is 9.44. The number of ether oxygens (including phenoxy) is 10. The summed E-state index contributed by atoms with van der Waals surface area (Å²) in [5.74, 6) is 3.52. The number of hydrogen-bond donors (Lipinski definition) is 0. The third-order valence-electron chi connectivity index (χ3n) is 7.37. The van der Waals surface area contributed by atoms with Crippen LogP contribution in [0.1, 0.15) is 65.2 Å². The van der Waals surface area contributed by atoms with Crippen molar-refractivity contribution in [3.05, 3.63) is 23.7 Å². The molecule has 0 aromatic rings. The number of cyclic esters (lactones) is 4. The first kappa shape index (κ1) is 45.7. The molecule has 16 heteroatoms. The van der Waals surface area contributed by atoms with Gasteiger partial charge in [0.15, 0.2) is 13.2 Å². The summed E-state index contributed by atoms with van der Waals surface area (Å²) in [6, 6.07) is 0. The van der Waals surface area contributed by atoms with E-state index in [1.165, 1.54) is 0 Å². The first-order chi connectivity index (χ1) is 25.3. The normalized spacial score (nSPS) is 16.7. The molecule has 52 heavy (non-hydrogen) atoms. The topological polar surface area (TPSA) is 161 Å². The van der Waals surface area contributed by atoms with Crippen molar-refractivity contribution in [3.63, 3.8) is 0 Å². The Morgan fingerprint density at radius 2 is 0.923 bits per heavy atom. The lowest BCUT2D eigenvalue weighted by molar-refractivity contribution is -0.148. The molecular formula is C36H58O14S2. The maximum absolute atomic E-state index is 12.3. The fraction of sp³-hybridized carbons (Fsp3) is 0.778. The molecule has 2 fully saturated rings. The van der Waals surface area contributed by atoms with Gasteiger partial charge in [0.2, 0.25) is 0 Å². The highest BCUT2D eigenvalue weighted by atomic mass is 32.2. The SMILES string of the molecule is CC(CSCCSCC(C)C(=O)OCCCCOCCCCOCC=C1COC(=O)O1)C(=O)OCCCCOCCCCOCC=C1COC(=O)O1. The minimum atomic E-state index is -0.671. The zero-order valence-electron chi connectivity index (χ0n) is 30.8. The van der Waals surface area contributed by atoms with Crippen molar-refractivity contribution < 1.29 is 66.5 Å². The van der Waals surface area contributed by atoms with E-state index in [1.807, 2.05) is 13.8 Å². The van der Waals surface area contributed by atoms with Gasteiger partial charge in [-0.2, -0.15) is 23.5 Å². The van der Waals surface area contributed by atoms with Crippen molar-refractivity contribution in [1.82, 2.24) is 0 Å². The summed E-state index contributed by atoms with van der Waals surface area (Å²) in [5.41, 5.74) is 0. The van der Waals surface area contributed by atoms with Gasteiger partial charge in [-0.15, -0.1) is 0 Å². The molecule has 2 heterocycles. The van der Waals surface area contributed by atoms with Crippen LogP contribution in [-0.2, 0) is 57.0 Å². The second kappa shape index (κ2) is 30.9. The molecule has 2 rings (SSSR count). The molecule has 2 unspecified atom stereocenters. The maximum atomic E-state index is 12.3. The van der Waals surface area contributed by atoms with Gasteiger partial charge in [-0.25, -0.2) is 9.59 Å². The predicted molar refractivity (Wildman–Crippen MR) is 196 cm³/mol. The average Bonchev–Trinajstić information content (AvgIpc) is 3.76. The van der Waals surface area contributed by atoms with Crippen LogP contribution in [0, 0.1) is 11.8 Å². The Morgan fingerprint density at radius 1 is 0.577 bits per heavy atom. The van der Waals surface area contributed by atoms with Gasteiger partial charge in [-0.1, -0.05) is 13.8 Å². The van der Waals surface area contributed by atoms with Gasteiger partial charge in [0, 0.05) is 62.7 Å². The Bertz CT molecular complexity index is 988. The summed E-state index contributed by atoms with van der Waals surface area (Å²) in [5, 5.41) is 0. The number of carbonyl (C=O) groups excluding carboxylic acids is 4. The van der Waals surface area contributed by atoms with E-state index in [2.05, 4.69) is 9.47 Å². The summed E-state index contributed by atoms with van der Waals surface area (Å²) in [7, 11) is 0. The number of carbonyl (C=O) groups is 4. The molecule has 0 spiro atoms. The summed E-state index contributed by atoms with van der Waals surface area (Å²) in [6.07, 6.45) is 8.78. The van der Waals surface area contributed by atoms with Crippen molar-refractivity contribution in [2.24, 2.45) is 11.8 Å². The van der Waals surface area contributed by atoms with Crippen LogP contribution < -0.4 is 0 Å². The Morgan fingerprint density at radius 3 is 1.27 bits per heavy atom. The maximum Gasteiger partial charge on any atom is 0.514 e. The average molecular weight is 779 g/mol. The number of hydrogen-bond acceptors (Lipinski definition) is 16. The molecule has 0 amide bonds. The van der Waals surface area contributed by atoms with Crippen molar-refractivity contribution in [2.45, 2.75) is 65.2 Å². The first-order valence-electron chi connectivity index (χ1n) is 18.2. The molecule has 0 N–H and O–H groups in total. The van der Waals surface area contributed by atoms with E-state index in [0.717, 1.165) is 62.9 Å². The zero-order valence-corrected chi connectivity index (χ0v) is 32.4. The van der Waals surface area contributed by atoms with Crippen molar-refractivity contribution in [1.29, 1.82) is 0 Å². The largest absolute Gasteiger partial charge is 0.514 e. The van der Waals surface area contributed by atoms with Gasteiger partial charge in [0.25, 0.3) is 0 Å². The van der Waals surface area contributed by atoms with E-state index in [4.69, 9.17) is 37.9 Å². The third kappa shape index (κ3) is 24.7. The van der Waals surface area contributed by atoms with E-state index >= 15 is 0 Å². The smallest absolute Gasteiger partial charge is 0.465 e. The molecular weight excluding hydrogens is 721 g/mol. The zero-order chi connectivity index (χ0) is 37.5. The molecule has 0 radical (unpaired) electrons. The van der Waals surface area contributed by atoms with Gasteiger partial charge in [0.1, 0.15) is 11.5 Å². The summed E-state index contributed by atoms with van der Waals surface area (Å²) in [4.78, 5) is 46.2. The highest BCUT2D eigenvalue weighted by Crippen LogP contribution is 2.16. The van der Waals surface area contributed by atoms with Crippen LogP contribution in [0.5, 0.6) is 0 Å². The lowest BCUT2D eigenvalue weighted by Crippen LogP contribution is -2.18. The van der Waals surface area contributed by atoms with Crippen LogP contribution in [0.4, 0.5) is 9.59 Å².